The van der Waals surface area contributed by atoms with Crippen LogP contribution in [0.5, 0.6) is 0 Å². The molecule has 3 aromatic heterocycles. The van der Waals surface area contributed by atoms with Crippen molar-refractivity contribution in [2.45, 2.75) is 44.8 Å². The second kappa shape index (κ2) is 7.03. The Kier molecular flexibility index (Phi) is 4.48. The number of aromatic nitrogens is 4. The SMILES string of the molecule is Cc1cccc(CN2CCC3(CCn4c3nn(Cc3cccs3)c(=O)c4=O)C2)n1. The van der Waals surface area contributed by atoms with Crippen molar-refractivity contribution in [3.05, 3.63) is 78.5 Å². The summed E-state index contributed by atoms with van der Waals surface area (Å²) in [6.45, 7) is 5.51. The second-order valence-corrected chi connectivity index (χ2v) is 9.12. The lowest BCUT2D eigenvalue weighted by Gasteiger charge is -2.23. The molecular formula is C21H23N5O2S. The van der Waals surface area contributed by atoms with Crippen LogP contribution in [0.2, 0.25) is 0 Å². The van der Waals surface area contributed by atoms with Crippen LogP contribution >= 0.6 is 11.3 Å². The Morgan fingerprint density at radius 1 is 1.07 bits per heavy atom. The molecule has 3 aromatic rings. The minimum Gasteiger partial charge on any atom is -0.296 e. The zero-order chi connectivity index (χ0) is 20.0. The Balaban J connectivity index is 1.45. The van der Waals surface area contributed by atoms with E-state index in [0.717, 1.165) is 54.6 Å². The molecule has 1 atom stereocenters. The number of likely N-dealkylation sites (tertiary alicyclic amines) is 1. The molecule has 0 radical (unpaired) electrons. The van der Waals surface area contributed by atoms with Gasteiger partial charge in [0.15, 0.2) is 0 Å². The minimum atomic E-state index is -0.530. The van der Waals surface area contributed by atoms with Gasteiger partial charge in [0, 0.05) is 35.6 Å². The van der Waals surface area contributed by atoms with Crippen molar-refractivity contribution in [2.75, 3.05) is 13.1 Å². The average molecular weight is 410 g/mol. The maximum Gasteiger partial charge on any atom is 0.332 e. The van der Waals surface area contributed by atoms with E-state index in [2.05, 4.69) is 16.0 Å². The molecule has 0 aliphatic carbocycles. The fraction of sp³-hybridized carbons (Fsp3) is 0.429. The first-order valence-corrected chi connectivity index (χ1v) is 10.8. The first-order valence-electron chi connectivity index (χ1n) is 9.94. The van der Waals surface area contributed by atoms with E-state index in [1.165, 1.54) is 4.68 Å². The molecule has 0 N–H and O–H groups in total. The monoisotopic (exact) mass is 409 g/mol. The lowest BCUT2D eigenvalue weighted by Crippen LogP contribution is -2.45. The molecule has 7 nitrogen and oxygen atoms in total. The zero-order valence-electron chi connectivity index (χ0n) is 16.4. The summed E-state index contributed by atoms with van der Waals surface area (Å²) in [6, 6.07) is 10.0. The zero-order valence-corrected chi connectivity index (χ0v) is 17.2. The predicted octanol–water partition coefficient (Wildman–Crippen LogP) is 1.77. The average Bonchev–Trinajstić information content (AvgIpc) is 3.42. The van der Waals surface area contributed by atoms with Crippen molar-refractivity contribution in [1.82, 2.24) is 24.2 Å². The Morgan fingerprint density at radius 2 is 1.93 bits per heavy atom. The number of hydrogen-bond acceptors (Lipinski definition) is 6. The topological polar surface area (TPSA) is 73.0 Å². The third-order valence-electron chi connectivity index (χ3n) is 6.07. The number of fused-ring (bicyclic) bond motifs is 2. The minimum absolute atomic E-state index is 0.159. The highest BCUT2D eigenvalue weighted by Crippen LogP contribution is 2.40. The van der Waals surface area contributed by atoms with E-state index in [9.17, 15) is 9.59 Å². The lowest BCUT2D eigenvalue weighted by molar-refractivity contribution is 0.294. The molecule has 0 aromatic carbocycles. The maximum absolute atomic E-state index is 12.7. The van der Waals surface area contributed by atoms with Crippen molar-refractivity contribution in [2.24, 2.45) is 0 Å². The van der Waals surface area contributed by atoms with Crippen molar-refractivity contribution >= 4 is 11.3 Å². The Labute approximate surface area is 172 Å². The van der Waals surface area contributed by atoms with E-state index < -0.39 is 11.1 Å². The number of aryl methyl sites for hydroxylation is 1. The number of thiophene rings is 1. The van der Waals surface area contributed by atoms with Crippen molar-refractivity contribution in [3.63, 3.8) is 0 Å². The summed E-state index contributed by atoms with van der Waals surface area (Å²) >= 11 is 1.57. The molecule has 0 bridgehead atoms. The van der Waals surface area contributed by atoms with Gasteiger partial charge in [-0.05, 0) is 49.9 Å². The summed E-state index contributed by atoms with van der Waals surface area (Å²) < 4.78 is 2.97. The van der Waals surface area contributed by atoms with Crippen LogP contribution < -0.4 is 11.1 Å². The standard InChI is InChI=1S/C21H23N5O2S/c1-15-4-2-5-16(22-15)12-24-9-7-21(14-24)8-10-25-18(27)19(28)26(23-20(21)25)13-17-6-3-11-29-17/h2-6,11H,7-10,12-14H2,1H3. The molecule has 2 aliphatic rings. The number of nitrogens with zero attached hydrogens (tertiary/aromatic N) is 5. The summed E-state index contributed by atoms with van der Waals surface area (Å²) in [4.78, 5) is 33.3. The molecule has 1 spiro atoms. The van der Waals surface area contributed by atoms with Gasteiger partial charge in [-0.15, -0.1) is 11.3 Å². The van der Waals surface area contributed by atoms with Gasteiger partial charge in [-0.2, -0.15) is 5.10 Å². The highest BCUT2D eigenvalue weighted by molar-refractivity contribution is 7.09. The van der Waals surface area contributed by atoms with Crippen LogP contribution in [-0.4, -0.2) is 37.3 Å². The Morgan fingerprint density at radius 3 is 2.72 bits per heavy atom. The van der Waals surface area contributed by atoms with Gasteiger partial charge in [-0.3, -0.25) is 24.0 Å². The Hall–Kier alpha value is -2.58. The van der Waals surface area contributed by atoms with Gasteiger partial charge in [-0.1, -0.05) is 12.1 Å². The molecule has 5 heterocycles. The summed E-state index contributed by atoms with van der Waals surface area (Å²) in [7, 11) is 0. The largest absolute Gasteiger partial charge is 0.332 e. The molecule has 2 aliphatic heterocycles. The highest BCUT2D eigenvalue weighted by Gasteiger charge is 2.47. The maximum atomic E-state index is 12.7. The normalized spacial score (nSPS) is 21.1. The molecular weight excluding hydrogens is 386 g/mol. The molecule has 150 valence electrons. The number of rotatable bonds is 4. The molecule has 0 saturated carbocycles. The predicted molar refractivity (Wildman–Crippen MR) is 111 cm³/mol. The molecule has 1 fully saturated rings. The fourth-order valence-electron chi connectivity index (χ4n) is 4.63. The first-order chi connectivity index (χ1) is 14.0. The summed E-state index contributed by atoms with van der Waals surface area (Å²) in [6.07, 6.45) is 1.80. The van der Waals surface area contributed by atoms with Gasteiger partial charge in [0.05, 0.1) is 12.2 Å². The van der Waals surface area contributed by atoms with Crippen molar-refractivity contribution in [1.29, 1.82) is 0 Å². The van der Waals surface area contributed by atoms with Crippen LogP contribution in [0.3, 0.4) is 0 Å². The smallest absolute Gasteiger partial charge is 0.296 e. The van der Waals surface area contributed by atoms with E-state index in [4.69, 9.17) is 5.10 Å². The molecule has 29 heavy (non-hydrogen) atoms. The fourth-order valence-corrected chi connectivity index (χ4v) is 5.31. The van der Waals surface area contributed by atoms with Gasteiger partial charge in [0.25, 0.3) is 0 Å². The molecule has 1 unspecified atom stereocenters. The van der Waals surface area contributed by atoms with E-state index in [1.54, 1.807) is 15.9 Å². The van der Waals surface area contributed by atoms with Crippen LogP contribution in [0.15, 0.2) is 45.3 Å². The second-order valence-electron chi connectivity index (χ2n) is 8.08. The summed E-state index contributed by atoms with van der Waals surface area (Å²) in [5.74, 6) is 0.776. The van der Waals surface area contributed by atoms with Crippen molar-refractivity contribution in [3.8, 4) is 0 Å². The van der Waals surface area contributed by atoms with Gasteiger partial charge in [-0.25, -0.2) is 4.68 Å². The first kappa shape index (κ1) is 18.4. The number of hydrogen-bond donors (Lipinski definition) is 0. The highest BCUT2D eigenvalue weighted by atomic mass is 32.1. The van der Waals surface area contributed by atoms with E-state index in [-0.39, 0.29) is 5.41 Å². The van der Waals surface area contributed by atoms with Gasteiger partial charge in [0.2, 0.25) is 0 Å². The van der Waals surface area contributed by atoms with Crippen LogP contribution in [0, 0.1) is 6.92 Å². The summed E-state index contributed by atoms with van der Waals surface area (Å²) in [5.41, 5.74) is 0.954. The van der Waals surface area contributed by atoms with Crippen LogP contribution in [0.4, 0.5) is 0 Å². The van der Waals surface area contributed by atoms with Crippen LogP contribution in [-0.2, 0) is 25.0 Å². The van der Waals surface area contributed by atoms with E-state index >= 15 is 0 Å². The quantitative estimate of drug-likeness (QED) is 0.614. The van der Waals surface area contributed by atoms with Gasteiger partial charge < -0.3 is 0 Å². The van der Waals surface area contributed by atoms with Gasteiger partial charge in [0.1, 0.15) is 5.82 Å². The Bertz CT molecular complexity index is 1170. The third kappa shape index (κ3) is 3.26. The molecule has 1 saturated heterocycles. The third-order valence-corrected chi connectivity index (χ3v) is 6.93. The van der Waals surface area contributed by atoms with Gasteiger partial charge >= 0.3 is 11.1 Å². The molecule has 8 heteroatoms. The number of pyridine rings is 1. The lowest BCUT2D eigenvalue weighted by atomic mass is 9.85. The van der Waals surface area contributed by atoms with Crippen LogP contribution in [0.25, 0.3) is 0 Å². The van der Waals surface area contributed by atoms with Crippen molar-refractivity contribution < 1.29 is 0 Å². The molecule has 5 rings (SSSR count). The van der Waals surface area contributed by atoms with E-state index in [0.29, 0.717) is 13.1 Å². The molecule has 0 amide bonds. The van der Waals surface area contributed by atoms with E-state index in [1.807, 2.05) is 36.6 Å². The van der Waals surface area contributed by atoms with Crippen LogP contribution in [0.1, 0.15) is 34.9 Å². The summed E-state index contributed by atoms with van der Waals surface area (Å²) in [5, 5.41) is 6.68.